The van der Waals surface area contributed by atoms with Crippen LogP contribution in [0.25, 0.3) is 0 Å². The van der Waals surface area contributed by atoms with Gasteiger partial charge in [0, 0.05) is 25.2 Å². The zero-order valence-corrected chi connectivity index (χ0v) is 10.6. The molecule has 0 saturated carbocycles. The predicted molar refractivity (Wildman–Crippen MR) is 68.6 cm³/mol. The Labute approximate surface area is 106 Å². The second-order valence-corrected chi connectivity index (χ2v) is 4.08. The highest BCUT2D eigenvalue weighted by molar-refractivity contribution is 5.98. The standard InChI is InChI=1S/C14H16N2O2/c1-3-13(17)12-6-4-5-7-14(12)18-10-11-8-15-16(2)9-11/h4-9H,3,10H2,1-2H3. The first kappa shape index (κ1) is 12.4. The molecule has 1 aromatic carbocycles. The Morgan fingerprint density at radius 3 is 2.83 bits per heavy atom. The number of para-hydroxylation sites is 1. The summed E-state index contributed by atoms with van der Waals surface area (Å²) in [7, 11) is 1.86. The lowest BCUT2D eigenvalue weighted by Gasteiger charge is -2.09. The molecule has 0 fully saturated rings. The number of carbonyl (C=O) groups excluding carboxylic acids is 1. The summed E-state index contributed by atoms with van der Waals surface area (Å²) in [5, 5.41) is 4.07. The molecular formula is C14H16N2O2. The topological polar surface area (TPSA) is 44.1 Å². The van der Waals surface area contributed by atoms with Crippen LogP contribution < -0.4 is 4.74 Å². The average molecular weight is 244 g/mol. The molecule has 18 heavy (non-hydrogen) atoms. The van der Waals surface area contributed by atoms with Gasteiger partial charge in [-0.05, 0) is 12.1 Å². The molecule has 0 aliphatic carbocycles. The van der Waals surface area contributed by atoms with E-state index < -0.39 is 0 Å². The molecule has 0 atom stereocenters. The second-order valence-electron chi connectivity index (χ2n) is 4.08. The molecule has 4 heteroatoms. The first-order valence-electron chi connectivity index (χ1n) is 5.93. The number of aryl methyl sites for hydroxylation is 1. The quantitative estimate of drug-likeness (QED) is 0.759. The maximum atomic E-state index is 11.8. The van der Waals surface area contributed by atoms with Gasteiger partial charge in [0.2, 0.25) is 0 Å². The summed E-state index contributed by atoms with van der Waals surface area (Å²) in [5.41, 5.74) is 1.63. The fourth-order valence-electron chi connectivity index (χ4n) is 1.72. The highest BCUT2D eigenvalue weighted by Gasteiger charge is 2.10. The number of carbonyl (C=O) groups is 1. The van der Waals surface area contributed by atoms with Gasteiger partial charge in [-0.25, -0.2) is 0 Å². The molecule has 0 unspecified atom stereocenters. The van der Waals surface area contributed by atoms with Crippen molar-refractivity contribution < 1.29 is 9.53 Å². The Kier molecular flexibility index (Phi) is 3.77. The third-order valence-corrected chi connectivity index (χ3v) is 2.66. The minimum Gasteiger partial charge on any atom is -0.488 e. The van der Waals surface area contributed by atoms with Gasteiger partial charge in [-0.1, -0.05) is 19.1 Å². The number of rotatable bonds is 5. The molecule has 0 saturated heterocycles. The van der Waals surface area contributed by atoms with Crippen LogP contribution in [-0.2, 0) is 13.7 Å². The van der Waals surface area contributed by atoms with Crippen molar-refractivity contribution in [3.05, 3.63) is 47.8 Å². The molecule has 0 amide bonds. The van der Waals surface area contributed by atoms with Crippen LogP contribution in [-0.4, -0.2) is 15.6 Å². The minimum absolute atomic E-state index is 0.0942. The van der Waals surface area contributed by atoms with Crippen molar-refractivity contribution in [1.29, 1.82) is 0 Å². The van der Waals surface area contributed by atoms with Crippen LogP contribution in [0.5, 0.6) is 5.75 Å². The Morgan fingerprint density at radius 1 is 1.39 bits per heavy atom. The van der Waals surface area contributed by atoms with Crippen LogP contribution in [0.4, 0.5) is 0 Å². The summed E-state index contributed by atoms with van der Waals surface area (Å²) in [4.78, 5) is 11.8. The maximum absolute atomic E-state index is 11.8. The normalized spacial score (nSPS) is 10.3. The number of Topliss-reactive ketones (excluding diaryl/α,β-unsaturated/α-hetero) is 1. The Balaban J connectivity index is 2.11. The second kappa shape index (κ2) is 5.49. The van der Waals surface area contributed by atoms with Crippen molar-refractivity contribution in [3.63, 3.8) is 0 Å². The molecule has 0 aliphatic heterocycles. The summed E-state index contributed by atoms with van der Waals surface area (Å²) in [5.74, 6) is 0.727. The van der Waals surface area contributed by atoms with Crippen LogP contribution in [0.2, 0.25) is 0 Å². The monoisotopic (exact) mass is 244 g/mol. The van der Waals surface area contributed by atoms with E-state index in [0.717, 1.165) is 5.56 Å². The van der Waals surface area contributed by atoms with E-state index in [1.54, 1.807) is 16.9 Å². The SMILES string of the molecule is CCC(=O)c1ccccc1OCc1cnn(C)c1. The van der Waals surface area contributed by atoms with E-state index >= 15 is 0 Å². The van der Waals surface area contributed by atoms with Gasteiger partial charge >= 0.3 is 0 Å². The van der Waals surface area contributed by atoms with Gasteiger partial charge in [0.15, 0.2) is 5.78 Å². The fraction of sp³-hybridized carbons (Fsp3) is 0.286. The number of hydrogen-bond acceptors (Lipinski definition) is 3. The predicted octanol–water partition coefficient (Wildman–Crippen LogP) is 2.59. The largest absolute Gasteiger partial charge is 0.488 e. The van der Waals surface area contributed by atoms with E-state index in [4.69, 9.17) is 4.74 Å². The third kappa shape index (κ3) is 2.77. The van der Waals surface area contributed by atoms with Gasteiger partial charge in [-0.15, -0.1) is 0 Å². The van der Waals surface area contributed by atoms with Crippen molar-refractivity contribution >= 4 is 5.78 Å². The van der Waals surface area contributed by atoms with Gasteiger partial charge in [0.05, 0.1) is 11.8 Å². The molecule has 0 spiro atoms. The molecule has 1 heterocycles. The van der Waals surface area contributed by atoms with E-state index in [1.807, 2.05) is 38.4 Å². The molecule has 0 radical (unpaired) electrons. The summed E-state index contributed by atoms with van der Waals surface area (Å²) in [6.45, 7) is 2.27. The lowest BCUT2D eigenvalue weighted by Crippen LogP contribution is -2.02. The van der Waals surface area contributed by atoms with Gasteiger partial charge in [0.25, 0.3) is 0 Å². The molecule has 0 aliphatic rings. The lowest BCUT2D eigenvalue weighted by atomic mass is 10.1. The number of nitrogens with zero attached hydrogens (tertiary/aromatic N) is 2. The molecular weight excluding hydrogens is 228 g/mol. The summed E-state index contributed by atoms with van der Waals surface area (Å²) >= 11 is 0. The highest BCUT2D eigenvalue weighted by Crippen LogP contribution is 2.20. The van der Waals surface area contributed by atoms with Crippen LogP contribution in [0.15, 0.2) is 36.7 Å². The molecule has 0 N–H and O–H groups in total. The van der Waals surface area contributed by atoms with Crippen molar-refractivity contribution in [2.75, 3.05) is 0 Å². The number of hydrogen-bond donors (Lipinski definition) is 0. The van der Waals surface area contributed by atoms with Crippen molar-refractivity contribution in [2.24, 2.45) is 7.05 Å². The smallest absolute Gasteiger partial charge is 0.166 e. The Hall–Kier alpha value is -2.10. The molecule has 2 aromatic rings. The third-order valence-electron chi connectivity index (χ3n) is 2.66. The van der Waals surface area contributed by atoms with Crippen molar-refractivity contribution in [2.45, 2.75) is 20.0 Å². The number of ketones is 1. The lowest BCUT2D eigenvalue weighted by molar-refractivity contribution is 0.0983. The highest BCUT2D eigenvalue weighted by atomic mass is 16.5. The van der Waals surface area contributed by atoms with Crippen LogP contribution in [0.3, 0.4) is 0 Å². The van der Waals surface area contributed by atoms with Gasteiger partial charge in [-0.3, -0.25) is 9.48 Å². The zero-order chi connectivity index (χ0) is 13.0. The van der Waals surface area contributed by atoms with Crippen LogP contribution in [0.1, 0.15) is 29.3 Å². The average Bonchev–Trinajstić information content (AvgIpc) is 2.81. The van der Waals surface area contributed by atoms with Crippen LogP contribution >= 0.6 is 0 Å². The van der Waals surface area contributed by atoms with E-state index in [9.17, 15) is 4.79 Å². The molecule has 4 nitrogen and oxygen atoms in total. The van der Waals surface area contributed by atoms with Gasteiger partial charge in [0.1, 0.15) is 12.4 Å². The first-order chi connectivity index (χ1) is 8.70. The Bertz CT molecular complexity index is 546. The number of aromatic nitrogens is 2. The van der Waals surface area contributed by atoms with E-state index in [0.29, 0.717) is 24.3 Å². The molecule has 94 valence electrons. The van der Waals surface area contributed by atoms with Crippen molar-refractivity contribution in [1.82, 2.24) is 9.78 Å². The first-order valence-corrected chi connectivity index (χ1v) is 5.93. The molecule has 2 rings (SSSR count). The molecule has 1 aromatic heterocycles. The van der Waals surface area contributed by atoms with E-state index in [2.05, 4.69) is 5.10 Å². The van der Waals surface area contributed by atoms with Crippen LogP contribution in [0, 0.1) is 0 Å². The van der Waals surface area contributed by atoms with Crippen molar-refractivity contribution in [3.8, 4) is 5.75 Å². The van der Waals surface area contributed by atoms with E-state index in [1.165, 1.54) is 0 Å². The summed E-state index contributed by atoms with van der Waals surface area (Å²) in [6, 6.07) is 7.33. The van der Waals surface area contributed by atoms with Gasteiger partial charge < -0.3 is 4.74 Å². The number of benzene rings is 1. The maximum Gasteiger partial charge on any atom is 0.166 e. The minimum atomic E-state index is 0.0942. The summed E-state index contributed by atoms with van der Waals surface area (Å²) < 4.78 is 7.41. The van der Waals surface area contributed by atoms with E-state index in [-0.39, 0.29) is 5.78 Å². The zero-order valence-electron chi connectivity index (χ0n) is 10.6. The Morgan fingerprint density at radius 2 is 2.17 bits per heavy atom. The summed E-state index contributed by atoms with van der Waals surface area (Å²) in [6.07, 6.45) is 4.13. The van der Waals surface area contributed by atoms with Gasteiger partial charge in [-0.2, -0.15) is 5.10 Å². The molecule has 0 bridgehead atoms. The number of ether oxygens (including phenoxy) is 1. The fourth-order valence-corrected chi connectivity index (χ4v) is 1.72.